The molecule has 1 heterocycles. The smallest absolute Gasteiger partial charge is 0.328 e. The summed E-state index contributed by atoms with van der Waals surface area (Å²) in [5, 5.41) is 0. The van der Waals surface area contributed by atoms with Crippen molar-refractivity contribution in [3.63, 3.8) is 0 Å². The molecule has 2 aliphatic rings. The van der Waals surface area contributed by atoms with E-state index in [9.17, 15) is 18.0 Å². The molecule has 0 aromatic heterocycles. The molecule has 154 valence electrons. The summed E-state index contributed by atoms with van der Waals surface area (Å²) in [6.45, 7) is 3.06. The van der Waals surface area contributed by atoms with Gasteiger partial charge in [0.05, 0.1) is 4.90 Å². The summed E-state index contributed by atoms with van der Waals surface area (Å²) in [6, 6.07) is 6.27. The van der Waals surface area contributed by atoms with Crippen LogP contribution < -0.4 is 0 Å². The van der Waals surface area contributed by atoms with E-state index in [1.807, 2.05) is 0 Å². The third-order valence-corrected chi connectivity index (χ3v) is 8.91. The van der Waals surface area contributed by atoms with E-state index in [2.05, 4.69) is 22.9 Å². The molecule has 0 bridgehead atoms. The summed E-state index contributed by atoms with van der Waals surface area (Å²) in [7, 11) is -3.92. The van der Waals surface area contributed by atoms with E-state index in [0.717, 1.165) is 17.3 Å². The molecule has 0 unspecified atom stereocenters. The molecule has 2 fully saturated rings. The molecule has 0 spiro atoms. The van der Waals surface area contributed by atoms with Gasteiger partial charge in [-0.25, -0.2) is 8.42 Å². The average Bonchev–Trinajstić information content (AvgIpc) is 3.18. The van der Waals surface area contributed by atoms with Crippen LogP contribution in [0.5, 0.6) is 0 Å². The fourth-order valence-electron chi connectivity index (χ4n) is 3.98. The number of carbonyl (C=O) groups is 2. The number of hydrogen-bond acceptors (Lipinski definition) is 5. The van der Waals surface area contributed by atoms with Crippen molar-refractivity contribution in [2.24, 2.45) is 5.92 Å². The highest BCUT2D eigenvalue weighted by molar-refractivity contribution is 9.10. The summed E-state index contributed by atoms with van der Waals surface area (Å²) in [5.74, 6) is -0.467. The largest absolute Gasteiger partial charge is 0.454 e. The molecule has 1 saturated heterocycles. The molecule has 0 atom stereocenters. The maximum atomic E-state index is 13.3. The molecule has 28 heavy (non-hydrogen) atoms. The SMILES string of the molecule is CC1CCN(C(=O)COC(=O)C2(S(=O)(=O)c3ccc(Br)cc3)CCCC2)CC1. The van der Waals surface area contributed by atoms with Crippen LogP contribution in [0.15, 0.2) is 33.6 Å². The predicted octanol–water partition coefficient (Wildman–Crippen LogP) is 3.34. The van der Waals surface area contributed by atoms with Crippen molar-refractivity contribution in [1.29, 1.82) is 0 Å². The molecule has 8 heteroatoms. The molecule has 1 saturated carbocycles. The first-order valence-corrected chi connectivity index (χ1v) is 12.0. The first-order chi connectivity index (χ1) is 13.3. The van der Waals surface area contributed by atoms with Crippen LogP contribution in [0, 0.1) is 5.92 Å². The van der Waals surface area contributed by atoms with Crippen LogP contribution in [0.2, 0.25) is 0 Å². The van der Waals surface area contributed by atoms with Gasteiger partial charge in [0.25, 0.3) is 5.91 Å². The number of hydrogen-bond donors (Lipinski definition) is 0. The zero-order valence-electron chi connectivity index (χ0n) is 16.0. The Bertz CT molecular complexity index is 823. The van der Waals surface area contributed by atoms with Gasteiger partial charge in [0.2, 0.25) is 0 Å². The van der Waals surface area contributed by atoms with Gasteiger partial charge in [-0.2, -0.15) is 0 Å². The standard InChI is InChI=1S/C20H26BrNO5S/c1-15-8-12-22(13-9-15)18(23)14-27-19(24)20(10-2-3-11-20)28(25,26)17-6-4-16(21)5-7-17/h4-7,15H,2-3,8-14H2,1H3. The van der Waals surface area contributed by atoms with E-state index in [0.29, 0.717) is 31.8 Å². The molecule has 1 aliphatic carbocycles. The number of halogens is 1. The van der Waals surface area contributed by atoms with E-state index < -0.39 is 27.2 Å². The van der Waals surface area contributed by atoms with Crippen molar-refractivity contribution in [3.8, 4) is 0 Å². The predicted molar refractivity (Wildman–Crippen MR) is 108 cm³/mol. The molecule has 1 aromatic rings. The minimum Gasteiger partial charge on any atom is -0.454 e. The Morgan fingerprint density at radius 3 is 2.29 bits per heavy atom. The van der Waals surface area contributed by atoms with Crippen molar-refractivity contribution < 1.29 is 22.7 Å². The van der Waals surface area contributed by atoms with Crippen LogP contribution in [0.25, 0.3) is 0 Å². The third kappa shape index (κ3) is 4.13. The van der Waals surface area contributed by atoms with Gasteiger partial charge < -0.3 is 9.64 Å². The molecule has 1 aromatic carbocycles. The van der Waals surface area contributed by atoms with Crippen LogP contribution >= 0.6 is 15.9 Å². The summed E-state index contributed by atoms with van der Waals surface area (Å²) >= 11 is 3.29. The second-order valence-electron chi connectivity index (χ2n) is 7.80. The molecule has 1 aliphatic heterocycles. The number of amides is 1. The highest BCUT2D eigenvalue weighted by Gasteiger charge is 2.54. The van der Waals surface area contributed by atoms with Crippen LogP contribution in [-0.4, -0.2) is 49.6 Å². The molecule has 1 amide bonds. The number of likely N-dealkylation sites (tertiary alicyclic amines) is 1. The van der Waals surface area contributed by atoms with Crippen molar-refractivity contribution >= 4 is 37.6 Å². The third-order valence-electron chi connectivity index (χ3n) is 5.88. The zero-order valence-corrected chi connectivity index (χ0v) is 18.4. The first-order valence-electron chi connectivity index (χ1n) is 9.71. The molecule has 3 rings (SSSR count). The topological polar surface area (TPSA) is 80.8 Å². The minimum absolute atomic E-state index is 0.103. The zero-order chi connectivity index (χ0) is 20.4. The highest BCUT2D eigenvalue weighted by atomic mass is 79.9. The maximum Gasteiger partial charge on any atom is 0.328 e. The van der Waals surface area contributed by atoms with Gasteiger partial charge in [0, 0.05) is 17.6 Å². The van der Waals surface area contributed by atoms with Crippen molar-refractivity contribution in [1.82, 2.24) is 4.90 Å². The van der Waals surface area contributed by atoms with Gasteiger partial charge in [-0.05, 0) is 55.9 Å². The van der Waals surface area contributed by atoms with Crippen molar-refractivity contribution in [2.75, 3.05) is 19.7 Å². The number of ether oxygens (including phenoxy) is 1. The van der Waals surface area contributed by atoms with Gasteiger partial charge in [-0.1, -0.05) is 35.7 Å². The molecular weight excluding hydrogens is 446 g/mol. The summed E-state index contributed by atoms with van der Waals surface area (Å²) in [4.78, 5) is 27.1. The lowest BCUT2D eigenvalue weighted by Crippen LogP contribution is -2.47. The number of carbonyl (C=O) groups excluding carboxylic acids is 2. The summed E-state index contributed by atoms with van der Waals surface area (Å²) < 4.78 is 31.0. The number of benzene rings is 1. The number of piperidine rings is 1. The van der Waals surface area contributed by atoms with E-state index in [1.54, 1.807) is 17.0 Å². The fraction of sp³-hybridized carbons (Fsp3) is 0.600. The van der Waals surface area contributed by atoms with E-state index in [-0.39, 0.29) is 23.6 Å². The lowest BCUT2D eigenvalue weighted by atomic mass is 9.99. The minimum atomic E-state index is -3.92. The van der Waals surface area contributed by atoms with E-state index >= 15 is 0 Å². The van der Waals surface area contributed by atoms with Crippen LogP contribution in [0.3, 0.4) is 0 Å². The van der Waals surface area contributed by atoms with Gasteiger partial charge in [0.1, 0.15) is 0 Å². The van der Waals surface area contributed by atoms with Gasteiger partial charge in [0.15, 0.2) is 21.2 Å². The average molecular weight is 472 g/mol. The Hall–Kier alpha value is -1.41. The normalized spacial score (nSPS) is 20.1. The van der Waals surface area contributed by atoms with Gasteiger partial charge >= 0.3 is 5.97 Å². The fourth-order valence-corrected chi connectivity index (χ4v) is 6.29. The second-order valence-corrected chi connectivity index (χ2v) is 11.0. The Morgan fingerprint density at radius 1 is 1.14 bits per heavy atom. The highest BCUT2D eigenvalue weighted by Crippen LogP contribution is 2.41. The number of nitrogens with zero attached hydrogens (tertiary/aromatic N) is 1. The Kier molecular flexibility index (Phi) is 6.49. The number of rotatable bonds is 5. The summed E-state index contributed by atoms with van der Waals surface area (Å²) in [6.07, 6.45) is 3.59. The van der Waals surface area contributed by atoms with E-state index in [4.69, 9.17) is 4.74 Å². The van der Waals surface area contributed by atoms with Crippen molar-refractivity contribution in [3.05, 3.63) is 28.7 Å². The second kappa shape index (κ2) is 8.53. The quantitative estimate of drug-likeness (QED) is 0.615. The summed E-state index contributed by atoms with van der Waals surface area (Å²) in [5.41, 5.74) is 0. The number of esters is 1. The lowest BCUT2D eigenvalue weighted by Gasteiger charge is -2.31. The Balaban J connectivity index is 1.73. The lowest BCUT2D eigenvalue weighted by molar-refractivity contribution is -0.154. The van der Waals surface area contributed by atoms with Crippen LogP contribution in [-0.2, 0) is 24.2 Å². The molecule has 6 nitrogen and oxygen atoms in total. The number of sulfone groups is 1. The monoisotopic (exact) mass is 471 g/mol. The first kappa shape index (κ1) is 21.3. The van der Waals surface area contributed by atoms with Crippen LogP contribution in [0.1, 0.15) is 45.4 Å². The Labute approximate surface area is 174 Å². The molecule has 0 radical (unpaired) electrons. The van der Waals surface area contributed by atoms with Gasteiger partial charge in [-0.15, -0.1) is 0 Å². The van der Waals surface area contributed by atoms with Crippen LogP contribution in [0.4, 0.5) is 0 Å². The Morgan fingerprint density at radius 2 is 1.71 bits per heavy atom. The molecular formula is C20H26BrNO5S. The van der Waals surface area contributed by atoms with Gasteiger partial charge in [-0.3, -0.25) is 9.59 Å². The maximum absolute atomic E-state index is 13.3. The van der Waals surface area contributed by atoms with Crippen molar-refractivity contribution in [2.45, 2.75) is 55.1 Å². The molecule has 0 N–H and O–H groups in total. The van der Waals surface area contributed by atoms with E-state index in [1.165, 1.54) is 12.1 Å².